The molecular weight excluding hydrogens is 394 g/mol. The molecule has 0 spiro atoms. The van der Waals surface area contributed by atoms with Gasteiger partial charge in [0.1, 0.15) is 10.9 Å². The number of amides is 1. The summed E-state index contributed by atoms with van der Waals surface area (Å²) in [6.45, 7) is 10.6. The quantitative estimate of drug-likeness (QED) is 0.636. The summed E-state index contributed by atoms with van der Waals surface area (Å²) in [7, 11) is 0. The van der Waals surface area contributed by atoms with Crippen molar-refractivity contribution in [1.82, 2.24) is 9.55 Å². The third-order valence-corrected chi connectivity index (χ3v) is 7.50. The molecule has 3 aromatic rings. The molecule has 0 unspecified atom stereocenters. The number of aryl methyl sites for hydroxylation is 2. The Hall–Kier alpha value is -2.47. The van der Waals surface area contributed by atoms with Crippen LogP contribution in [-0.2, 0) is 17.6 Å². The van der Waals surface area contributed by atoms with Crippen LogP contribution in [0.1, 0.15) is 56.2 Å². The van der Waals surface area contributed by atoms with Crippen LogP contribution in [0.4, 0.5) is 5.69 Å². The fraction of sp³-hybridized carbons (Fsp3) is 0.458. The topological polar surface area (TPSA) is 64.0 Å². The van der Waals surface area contributed by atoms with E-state index < -0.39 is 6.04 Å². The van der Waals surface area contributed by atoms with Gasteiger partial charge in [-0.15, -0.1) is 11.3 Å². The molecule has 2 aromatic heterocycles. The van der Waals surface area contributed by atoms with Gasteiger partial charge in [-0.2, -0.15) is 0 Å². The molecule has 2 heterocycles. The fourth-order valence-electron chi connectivity index (χ4n) is 4.20. The summed E-state index contributed by atoms with van der Waals surface area (Å²) >= 11 is 1.64. The monoisotopic (exact) mass is 423 g/mol. The Kier molecular flexibility index (Phi) is 5.30. The molecule has 1 aliphatic rings. The second-order valence-corrected chi connectivity index (χ2v) is 10.6. The number of carbonyl (C=O) groups excluding carboxylic acids is 1. The highest BCUT2D eigenvalue weighted by Gasteiger charge is 2.32. The molecule has 2 atom stereocenters. The Balaban J connectivity index is 1.64. The van der Waals surface area contributed by atoms with E-state index >= 15 is 0 Å². The van der Waals surface area contributed by atoms with Crippen molar-refractivity contribution >= 4 is 33.1 Å². The van der Waals surface area contributed by atoms with E-state index in [1.807, 2.05) is 31.2 Å². The van der Waals surface area contributed by atoms with Crippen LogP contribution in [0.15, 0.2) is 35.4 Å². The van der Waals surface area contributed by atoms with E-state index in [4.69, 9.17) is 0 Å². The van der Waals surface area contributed by atoms with Crippen LogP contribution in [0.2, 0.25) is 0 Å². The van der Waals surface area contributed by atoms with Gasteiger partial charge in [0.25, 0.3) is 5.56 Å². The molecule has 0 radical (unpaired) electrons. The average Bonchev–Trinajstić information content (AvgIpc) is 3.07. The maximum Gasteiger partial charge on any atom is 0.263 e. The number of benzene rings is 1. The predicted molar refractivity (Wildman–Crippen MR) is 123 cm³/mol. The second-order valence-electron chi connectivity index (χ2n) is 9.48. The number of hydrogen-bond acceptors (Lipinski definition) is 4. The Bertz CT molecular complexity index is 1150. The number of thiophene rings is 1. The molecule has 5 nitrogen and oxygen atoms in total. The normalized spacial score (nSPS) is 17.6. The molecule has 0 bridgehead atoms. The fourth-order valence-corrected chi connectivity index (χ4v) is 5.46. The molecule has 0 fully saturated rings. The first-order valence-corrected chi connectivity index (χ1v) is 11.4. The summed E-state index contributed by atoms with van der Waals surface area (Å²) in [6.07, 6.45) is 4.51. The maximum atomic E-state index is 13.3. The largest absolute Gasteiger partial charge is 0.324 e. The zero-order chi connectivity index (χ0) is 21.6. The van der Waals surface area contributed by atoms with Crippen molar-refractivity contribution in [3.8, 4) is 0 Å². The summed E-state index contributed by atoms with van der Waals surface area (Å²) in [5.41, 5.74) is 3.14. The molecule has 1 aromatic carbocycles. The zero-order valence-electron chi connectivity index (χ0n) is 18.3. The van der Waals surface area contributed by atoms with Crippen LogP contribution >= 0.6 is 11.3 Å². The number of hydrogen-bond donors (Lipinski definition) is 1. The van der Waals surface area contributed by atoms with Gasteiger partial charge in [0.05, 0.1) is 11.7 Å². The van der Waals surface area contributed by atoms with E-state index in [1.54, 1.807) is 18.3 Å². The van der Waals surface area contributed by atoms with E-state index in [1.165, 1.54) is 15.8 Å². The van der Waals surface area contributed by atoms with Gasteiger partial charge >= 0.3 is 0 Å². The molecular formula is C24H29N3O2S. The highest BCUT2D eigenvalue weighted by molar-refractivity contribution is 7.18. The number of nitrogens with one attached hydrogen (secondary N) is 1. The SMILES string of the molecule is Cc1ccc(NC(=O)[C@@H](C)n2cnc3sc4c(c3c2=O)CC[C@H](C(C)(C)C)C4)cc1. The number of carbonyl (C=O) groups is 1. The molecule has 0 saturated heterocycles. The van der Waals surface area contributed by atoms with E-state index in [2.05, 4.69) is 31.1 Å². The van der Waals surface area contributed by atoms with Crippen molar-refractivity contribution in [2.24, 2.45) is 11.3 Å². The van der Waals surface area contributed by atoms with Crippen LogP contribution in [0.25, 0.3) is 10.2 Å². The van der Waals surface area contributed by atoms with Crippen LogP contribution < -0.4 is 10.9 Å². The minimum absolute atomic E-state index is 0.113. The first-order chi connectivity index (χ1) is 14.1. The molecule has 0 saturated carbocycles. The standard InChI is InChI=1S/C24H29N3O2S/c1-14-6-9-17(10-7-14)26-21(28)15(2)27-13-25-22-20(23(27)29)18-11-8-16(24(3,4)5)12-19(18)30-22/h6-7,9-10,13,15-16H,8,11-12H2,1-5H3,(H,26,28)/t15-,16+/m1/s1. The highest BCUT2D eigenvalue weighted by Crippen LogP contribution is 2.42. The first-order valence-electron chi connectivity index (χ1n) is 10.5. The summed E-state index contributed by atoms with van der Waals surface area (Å²) in [6, 6.07) is 6.98. The van der Waals surface area contributed by atoms with E-state index in [0.29, 0.717) is 11.3 Å². The molecule has 1 amide bonds. The van der Waals surface area contributed by atoms with Crippen LogP contribution in [0.3, 0.4) is 0 Å². The molecule has 158 valence electrons. The third kappa shape index (κ3) is 3.81. The molecule has 4 rings (SSSR count). The van der Waals surface area contributed by atoms with Crippen molar-refractivity contribution in [2.45, 2.75) is 59.9 Å². The number of aromatic nitrogens is 2. The molecule has 0 aliphatic heterocycles. The van der Waals surface area contributed by atoms with Gasteiger partial charge in [-0.1, -0.05) is 38.5 Å². The van der Waals surface area contributed by atoms with Gasteiger partial charge in [0.2, 0.25) is 5.91 Å². The summed E-state index contributed by atoms with van der Waals surface area (Å²) < 4.78 is 1.47. The minimum atomic E-state index is -0.642. The highest BCUT2D eigenvalue weighted by atomic mass is 32.1. The van der Waals surface area contributed by atoms with Gasteiger partial charge in [-0.25, -0.2) is 4.98 Å². The number of nitrogens with zero attached hydrogens (tertiary/aromatic N) is 2. The lowest BCUT2D eigenvalue weighted by Crippen LogP contribution is -2.32. The lowest BCUT2D eigenvalue weighted by Gasteiger charge is -2.33. The average molecular weight is 424 g/mol. The van der Waals surface area contributed by atoms with Gasteiger partial charge in [-0.05, 0) is 62.1 Å². The maximum absolute atomic E-state index is 13.3. The van der Waals surface area contributed by atoms with Crippen molar-refractivity contribution in [2.75, 3.05) is 5.32 Å². The van der Waals surface area contributed by atoms with E-state index in [0.717, 1.165) is 40.9 Å². The zero-order valence-corrected chi connectivity index (χ0v) is 19.1. The van der Waals surface area contributed by atoms with Crippen LogP contribution in [0, 0.1) is 18.3 Å². The van der Waals surface area contributed by atoms with Crippen molar-refractivity contribution in [3.63, 3.8) is 0 Å². The number of fused-ring (bicyclic) bond motifs is 3. The van der Waals surface area contributed by atoms with Crippen molar-refractivity contribution in [1.29, 1.82) is 0 Å². The summed E-state index contributed by atoms with van der Waals surface area (Å²) in [5.74, 6) is 0.387. The van der Waals surface area contributed by atoms with Gasteiger partial charge in [0, 0.05) is 10.6 Å². The van der Waals surface area contributed by atoms with Crippen molar-refractivity contribution in [3.05, 3.63) is 57.0 Å². The molecule has 6 heteroatoms. The second kappa shape index (κ2) is 7.65. The summed E-state index contributed by atoms with van der Waals surface area (Å²) in [4.78, 5) is 32.7. The lowest BCUT2D eigenvalue weighted by molar-refractivity contribution is -0.118. The first kappa shape index (κ1) is 20.8. The Morgan fingerprint density at radius 1 is 1.27 bits per heavy atom. The van der Waals surface area contributed by atoms with Gasteiger partial charge in [-0.3, -0.25) is 14.2 Å². The van der Waals surface area contributed by atoms with E-state index in [9.17, 15) is 9.59 Å². The Morgan fingerprint density at radius 2 is 1.97 bits per heavy atom. The smallest absolute Gasteiger partial charge is 0.263 e. The lowest BCUT2D eigenvalue weighted by atomic mass is 9.72. The Labute approximate surface area is 181 Å². The number of anilines is 1. The van der Waals surface area contributed by atoms with Crippen molar-refractivity contribution < 1.29 is 4.79 Å². The van der Waals surface area contributed by atoms with E-state index in [-0.39, 0.29) is 16.9 Å². The van der Waals surface area contributed by atoms with Crippen LogP contribution in [-0.4, -0.2) is 15.5 Å². The molecule has 1 N–H and O–H groups in total. The number of rotatable bonds is 3. The predicted octanol–water partition coefficient (Wildman–Crippen LogP) is 5.12. The Morgan fingerprint density at radius 3 is 2.63 bits per heavy atom. The molecule has 30 heavy (non-hydrogen) atoms. The molecule has 1 aliphatic carbocycles. The van der Waals surface area contributed by atoms with Crippen LogP contribution in [0.5, 0.6) is 0 Å². The van der Waals surface area contributed by atoms with Gasteiger partial charge < -0.3 is 5.32 Å². The third-order valence-electron chi connectivity index (χ3n) is 6.34. The minimum Gasteiger partial charge on any atom is -0.324 e. The van der Waals surface area contributed by atoms with Gasteiger partial charge in [0.15, 0.2) is 0 Å². The summed E-state index contributed by atoms with van der Waals surface area (Å²) in [5, 5.41) is 3.61.